The molecule has 1 heterocycles. The van der Waals surface area contributed by atoms with Gasteiger partial charge in [-0.25, -0.2) is 0 Å². The summed E-state index contributed by atoms with van der Waals surface area (Å²) in [6.07, 6.45) is 7.22. The van der Waals surface area contributed by atoms with Gasteiger partial charge in [-0.05, 0) is 61.9 Å². The van der Waals surface area contributed by atoms with Crippen LogP contribution in [0.25, 0.3) is 22.4 Å². The molecule has 1 aromatic heterocycles. The van der Waals surface area contributed by atoms with Crippen molar-refractivity contribution in [3.05, 3.63) is 75.4 Å². The maximum absolute atomic E-state index is 13.1. The van der Waals surface area contributed by atoms with Crippen LogP contribution in [0.1, 0.15) is 49.4 Å². The Morgan fingerprint density at radius 2 is 1.62 bits per heavy atom. The smallest absolute Gasteiger partial charge is 0.253 e. The lowest BCUT2D eigenvalue weighted by Crippen LogP contribution is -2.37. The third-order valence-corrected chi connectivity index (χ3v) is 7.05. The number of carbonyl (C=O) groups excluding carboxylic acids is 1. The van der Waals surface area contributed by atoms with Gasteiger partial charge in [-0.15, -0.1) is 0 Å². The summed E-state index contributed by atoms with van der Waals surface area (Å²) in [4.78, 5) is 17.7. The van der Waals surface area contributed by atoms with Crippen molar-refractivity contribution in [2.45, 2.75) is 45.1 Å². The number of nitrogens with one attached hydrogen (secondary N) is 1. The highest BCUT2D eigenvalue weighted by atomic mass is 35.5. The third-order valence-electron chi connectivity index (χ3n) is 6.25. The molecule has 1 fully saturated rings. The molecule has 0 atom stereocenters. The van der Waals surface area contributed by atoms with Crippen molar-refractivity contribution in [3.8, 4) is 22.4 Å². The summed E-state index contributed by atoms with van der Waals surface area (Å²) in [7, 11) is 0. The second kappa shape index (κ2) is 10.2. The van der Waals surface area contributed by atoms with Gasteiger partial charge in [-0.3, -0.25) is 9.78 Å². The van der Waals surface area contributed by atoms with Crippen LogP contribution in [0.3, 0.4) is 0 Å². The average molecular weight is 488 g/mol. The minimum Gasteiger partial charge on any atom is -0.349 e. The summed E-state index contributed by atoms with van der Waals surface area (Å²) in [6.45, 7) is 2.24. The van der Waals surface area contributed by atoms with E-state index in [9.17, 15) is 4.79 Å². The summed E-state index contributed by atoms with van der Waals surface area (Å²) in [5.74, 6) is 0.675. The molecule has 6 heteroatoms. The van der Waals surface area contributed by atoms with E-state index in [1.54, 1.807) is 18.3 Å². The maximum Gasteiger partial charge on any atom is 0.253 e. The standard InChI is InChI=1S/C26H25Cl3N2O/c1-2-16-3-10-21(11-4-16)31-26(32)18-13-23(22-12-9-20(28)14-24(22)29)25(30-15-18)17-5-7-19(27)8-6-17/h5-9,12-16,21H,2-4,10-11H2,1H3,(H,31,32). The molecule has 4 rings (SSSR count). The molecule has 1 saturated carbocycles. The molecule has 0 spiro atoms. The van der Waals surface area contributed by atoms with Crippen molar-refractivity contribution in [1.29, 1.82) is 0 Å². The zero-order chi connectivity index (χ0) is 22.7. The highest BCUT2D eigenvalue weighted by Crippen LogP contribution is 2.37. The van der Waals surface area contributed by atoms with Crippen LogP contribution >= 0.6 is 34.8 Å². The number of rotatable bonds is 5. The van der Waals surface area contributed by atoms with Gasteiger partial charge >= 0.3 is 0 Å². The van der Waals surface area contributed by atoms with Gasteiger partial charge in [0.05, 0.1) is 11.3 Å². The van der Waals surface area contributed by atoms with Gasteiger partial charge < -0.3 is 5.32 Å². The van der Waals surface area contributed by atoms with E-state index in [1.165, 1.54) is 19.3 Å². The number of carbonyl (C=O) groups is 1. The Labute approximate surface area is 204 Å². The Balaban J connectivity index is 1.68. The van der Waals surface area contributed by atoms with Crippen molar-refractivity contribution in [3.63, 3.8) is 0 Å². The Morgan fingerprint density at radius 1 is 0.938 bits per heavy atom. The topological polar surface area (TPSA) is 42.0 Å². The number of halogens is 3. The SMILES string of the molecule is CCC1CCC(NC(=O)c2cnc(-c3ccc(Cl)cc3)c(-c3ccc(Cl)cc3Cl)c2)CC1. The molecule has 0 saturated heterocycles. The molecule has 1 aliphatic carbocycles. The Hall–Kier alpha value is -2.07. The summed E-state index contributed by atoms with van der Waals surface area (Å²) in [6, 6.07) is 14.9. The van der Waals surface area contributed by atoms with E-state index in [0.29, 0.717) is 20.6 Å². The van der Waals surface area contributed by atoms with E-state index >= 15 is 0 Å². The molecule has 1 N–H and O–H groups in total. The first kappa shape index (κ1) is 23.1. The highest BCUT2D eigenvalue weighted by molar-refractivity contribution is 6.36. The van der Waals surface area contributed by atoms with E-state index in [-0.39, 0.29) is 11.9 Å². The molecule has 0 radical (unpaired) electrons. The van der Waals surface area contributed by atoms with Crippen LogP contribution in [0.4, 0.5) is 0 Å². The summed E-state index contributed by atoms with van der Waals surface area (Å²) < 4.78 is 0. The van der Waals surface area contributed by atoms with Crippen molar-refractivity contribution in [2.75, 3.05) is 0 Å². The van der Waals surface area contributed by atoms with Crippen LogP contribution in [-0.2, 0) is 0 Å². The predicted molar refractivity (Wildman–Crippen MR) is 134 cm³/mol. The van der Waals surface area contributed by atoms with Crippen LogP contribution in [-0.4, -0.2) is 16.9 Å². The molecule has 0 bridgehead atoms. The van der Waals surface area contributed by atoms with E-state index in [1.807, 2.05) is 36.4 Å². The second-order valence-electron chi connectivity index (χ2n) is 8.35. The molecular formula is C26H25Cl3N2O. The lowest BCUT2D eigenvalue weighted by molar-refractivity contribution is 0.0921. The van der Waals surface area contributed by atoms with Gasteiger partial charge in [0.2, 0.25) is 0 Å². The van der Waals surface area contributed by atoms with Crippen molar-refractivity contribution < 1.29 is 4.79 Å². The average Bonchev–Trinajstić information content (AvgIpc) is 2.80. The van der Waals surface area contributed by atoms with E-state index in [0.717, 1.165) is 41.1 Å². The number of hydrogen-bond donors (Lipinski definition) is 1. The third kappa shape index (κ3) is 5.28. The number of benzene rings is 2. The lowest BCUT2D eigenvalue weighted by atomic mass is 9.84. The molecular weight excluding hydrogens is 463 g/mol. The fraction of sp³-hybridized carbons (Fsp3) is 0.308. The van der Waals surface area contributed by atoms with E-state index in [2.05, 4.69) is 17.2 Å². The summed E-state index contributed by atoms with van der Waals surface area (Å²) in [5.41, 5.74) is 3.68. The van der Waals surface area contributed by atoms with Gasteiger partial charge in [0.25, 0.3) is 5.91 Å². The minimum absolute atomic E-state index is 0.105. The molecule has 1 amide bonds. The Bertz CT molecular complexity index is 1110. The van der Waals surface area contributed by atoms with Gasteiger partial charge in [0.1, 0.15) is 0 Å². The van der Waals surface area contributed by atoms with Crippen LogP contribution in [0.2, 0.25) is 15.1 Å². The summed E-state index contributed by atoms with van der Waals surface area (Å²) >= 11 is 18.7. The lowest BCUT2D eigenvalue weighted by Gasteiger charge is -2.28. The first-order valence-electron chi connectivity index (χ1n) is 11.0. The van der Waals surface area contributed by atoms with Gasteiger partial charge in [-0.1, -0.05) is 66.3 Å². The predicted octanol–water partition coefficient (Wildman–Crippen LogP) is 8.07. The first-order valence-corrected chi connectivity index (χ1v) is 12.1. The van der Waals surface area contributed by atoms with Crippen molar-refractivity contribution in [1.82, 2.24) is 10.3 Å². The molecule has 32 heavy (non-hydrogen) atoms. The van der Waals surface area contributed by atoms with E-state index < -0.39 is 0 Å². The first-order chi connectivity index (χ1) is 15.4. The molecule has 3 nitrogen and oxygen atoms in total. The fourth-order valence-corrected chi connectivity index (χ4v) is 4.96. The Morgan fingerprint density at radius 3 is 2.28 bits per heavy atom. The molecule has 166 valence electrons. The molecule has 0 aliphatic heterocycles. The second-order valence-corrected chi connectivity index (χ2v) is 9.63. The highest BCUT2D eigenvalue weighted by Gasteiger charge is 2.23. The van der Waals surface area contributed by atoms with Crippen LogP contribution in [0, 0.1) is 5.92 Å². The molecule has 2 aromatic carbocycles. The quantitative estimate of drug-likeness (QED) is 0.395. The number of hydrogen-bond acceptors (Lipinski definition) is 2. The largest absolute Gasteiger partial charge is 0.349 e. The fourth-order valence-electron chi connectivity index (χ4n) is 4.32. The number of pyridine rings is 1. The summed E-state index contributed by atoms with van der Waals surface area (Å²) in [5, 5.41) is 4.90. The maximum atomic E-state index is 13.1. The number of aromatic nitrogens is 1. The zero-order valence-corrected chi connectivity index (χ0v) is 20.1. The Kier molecular flexibility index (Phi) is 7.40. The molecule has 3 aromatic rings. The zero-order valence-electron chi connectivity index (χ0n) is 17.9. The van der Waals surface area contributed by atoms with Gasteiger partial charge in [0, 0.05) is 44.0 Å². The van der Waals surface area contributed by atoms with Crippen molar-refractivity contribution in [2.24, 2.45) is 5.92 Å². The molecule has 0 unspecified atom stereocenters. The van der Waals surface area contributed by atoms with Crippen LogP contribution in [0.15, 0.2) is 54.7 Å². The molecule has 1 aliphatic rings. The van der Waals surface area contributed by atoms with Crippen molar-refractivity contribution >= 4 is 40.7 Å². The minimum atomic E-state index is -0.105. The number of amides is 1. The van der Waals surface area contributed by atoms with Gasteiger partial charge in [0.15, 0.2) is 0 Å². The van der Waals surface area contributed by atoms with Crippen LogP contribution < -0.4 is 5.32 Å². The van der Waals surface area contributed by atoms with Gasteiger partial charge in [-0.2, -0.15) is 0 Å². The van der Waals surface area contributed by atoms with Crippen LogP contribution in [0.5, 0.6) is 0 Å². The normalized spacial score (nSPS) is 18.4. The number of nitrogens with zero attached hydrogens (tertiary/aromatic N) is 1. The monoisotopic (exact) mass is 486 g/mol. The van der Waals surface area contributed by atoms with E-state index in [4.69, 9.17) is 34.8 Å².